The fraction of sp³-hybridized carbons (Fsp3) is 0.0909. The van der Waals surface area contributed by atoms with E-state index in [1.54, 1.807) is 54.6 Å². The van der Waals surface area contributed by atoms with E-state index in [9.17, 15) is 13.2 Å². The van der Waals surface area contributed by atoms with E-state index in [4.69, 9.17) is 15.8 Å². The van der Waals surface area contributed by atoms with Crippen LogP contribution in [-0.2, 0) is 21.3 Å². The lowest BCUT2D eigenvalue weighted by atomic mass is 10.1. The van der Waals surface area contributed by atoms with Gasteiger partial charge in [0.05, 0.1) is 12.6 Å². The Bertz CT molecular complexity index is 1180. The van der Waals surface area contributed by atoms with Crippen LogP contribution in [0.25, 0.3) is 0 Å². The molecule has 0 unspecified atom stereocenters. The van der Waals surface area contributed by atoms with E-state index < -0.39 is 10.1 Å². The summed E-state index contributed by atoms with van der Waals surface area (Å²) in [5.74, 6) is -0.231. The van der Waals surface area contributed by atoms with Crippen LogP contribution in [0.1, 0.15) is 16.7 Å². The molecule has 0 saturated carbocycles. The molecule has 6 nitrogen and oxygen atoms in total. The van der Waals surface area contributed by atoms with E-state index in [1.807, 2.05) is 6.92 Å². The van der Waals surface area contributed by atoms with Gasteiger partial charge in [-0.3, -0.25) is 4.79 Å². The Morgan fingerprint density at radius 2 is 1.80 bits per heavy atom. The first-order chi connectivity index (χ1) is 14.3. The summed E-state index contributed by atoms with van der Waals surface area (Å²) in [6.45, 7) is 1.86. The second kappa shape index (κ2) is 9.56. The number of benzene rings is 3. The summed E-state index contributed by atoms with van der Waals surface area (Å²) in [4.78, 5) is 12.1. The van der Waals surface area contributed by atoms with Crippen molar-refractivity contribution >= 4 is 33.8 Å². The normalized spacial score (nSPS) is 11.4. The van der Waals surface area contributed by atoms with E-state index in [-0.39, 0.29) is 23.0 Å². The van der Waals surface area contributed by atoms with Gasteiger partial charge < -0.3 is 4.18 Å². The first kappa shape index (κ1) is 21.5. The predicted octanol–water partition coefficient (Wildman–Crippen LogP) is 4.11. The molecule has 3 aromatic rings. The molecule has 0 fully saturated rings. The molecule has 0 aromatic heterocycles. The van der Waals surface area contributed by atoms with Crippen molar-refractivity contribution in [1.82, 2.24) is 5.43 Å². The third-order valence-electron chi connectivity index (χ3n) is 4.07. The maximum absolute atomic E-state index is 12.5. The molecule has 1 N–H and O–H groups in total. The third kappa shape index (κ3) is 5.92. The fourth-order valence-corrected chi connectivity index (χ4v) is 3.75. The number of hydrogen-bond acceptors (Lipinski definition) is 5. The van der Waals surface area contributed by atoms with Gasteiger partial charge in [0, 0.05) is 10.6 Å². The Balaban J connectivity index is 1.69. The lowest BCUT2D eigenvalue weighted by Crippen LogP contribution is -2.19. The predicted molar refractivity (Wildman–Crippen MR) is 116 cm³/mol. The zero-order chi connectivity index (χ0) is 21.6. The van der Waals surface area contributed by atoms with Crippen molar-refractivity contribution in [3.63, 3.8) is 0 Å². The van der Waals surface area contributed by atoms with Crippen LogP contribution >= 0.6 is 11.6 Å². The summed E-state index contributed by atoms with van der Waals surface area (Å²) in [5, 5.41) is 4.45. The lowest BCUT2D eigenvalue weighted by molar-refractivity contribution is -0.120. The number of hydrazone groups is 1. The summed E-state index contributed by atoms with van der Waals surface area (Å²) in [6.07, 6.45) is 1.44. The standard InChI is InChI=1S/C22H19ClN2O4S/c1-16-9-11-20(12-10-16)30(27,28)29-21-8-3-2-6-18(21)15-24-25-22(26)14-17-5-4-7-19(23)13-17/h2-13,15H,14H2,1H3,(H,25,26)/b24-15+. The number of carbonyl (C=O) groups excluding carboxylic acids is 1. The van der Waals surface area contributed by atoms with Crippen LogP contribution in [0, 0.1) is 6.92 Å². The molecule has 3 rings (SSSR count). The van der Waals surface area contributed by atoms with E-state index in [0.717, 1.165) is 11.1 Å². The largest absolute Gasteiger partial charge is 0.378 e. The van der Waals surface area contributed by atoms with Gasteiger partial charge in [0.2, 0.25) is 5.91 Å². The number of nitrogens with zero attached hydrogens (tertiary/aromatic N) is 1. The van der Waals surface area contributed by atoms with E-state index in [0.29, 0.717) is 10.6 Å². The van der Waals surface area contributed by atoms with Crippen molar-refractivity contribution in [3.05, 3.63) is 94.5 Å². The van der Waals surface area contributed by atoms with Crippen LogP contribution in [0.4, 0.5) is 0 Å². The summed E-state index contributed by atoms with van der Waals surface area (Å²) >= 11 is 5.91. The Labute approximate surface area is 180 Å². The number of aryl methyl sites for hydroxylation is 1. The summed E-state index contributed by atoms with van der Waals surface area (Å²) in [6, 6.07) is 19.8. The zero-order valence-corrected chi connectivity index (χ0v) is 17.7. The number of para-hydroxylation sites is 1. The minimum atomic E-state index is -4.00. The van der Waals surface area contributed by atoms with Crippen LogP contribution < -0.4 is 9.61 Å². The minimum Gasteiger partial charge on any atom is -0.378 e. The highest BCUT2D eigenvalue weighted by atomic mass is 35.5. The van der Waals surface area contributed by atoms with Crippen molar-refractivity contribution < 1.29 is 17.4 Å². The molecule has 0 saturated heterocycles. The molecule has 0 atom stereocenters. The molecular formula is C22H19ClN2O4S. The van der Waals surface area contributed by atoms with E-state index in [2.05, 4.69) is 10.5 Å². The maximum atomic E-state index is 12.5. The quantitative estimate of drug-likeness (QED) is 0.339. The first-order valence-electron chi connectivity index (χ1n) is 9.00. The van der Waals surface area contributed by atoms with Crippen LogP contribution in [0.3, 0.4) is 0 Å². The second-order valence-electron chi connectivity index (χ2n) is 6.49. The van der Waals surface area contributed by atoms with Gasteiger partial charge in [-0.15, -0.1) is 0 Å². The minimum absolute atomic E-state index is 0.0506. The Morgan fingerprint density at radius 3 is 2.53 bits per heavy atom. The molecule has 0 aliphatic rings. The van der Waals surface area contributed by atoms with Gasteiger partial charge in [0.1, 0.15) is 4.90 Å². The highest BCUT2D eigenvalue weighted by Gasteiger charge is 2.17. The maximum Gasteiger partial charge on any atom is 0.339 e. The molecule has 30 heavy (non-hydrogen) atoms. The number of amides is 1. The third-order valence-corrected chi connectivity index (χ3v) is 5.56. The topological polar surface area (TPSA) is 84.8 Å². The average Bonchev–Trinajstić information content (AvgIpc) is 2.69. The van der Waals surface area contributed by atoms with Crippen molar-refractivity contribution in [1.29, 1.82) is 0 Å². The van der Waals surface area contributed by atoms with Gasteiger partial charge in [-0.25, -0.2) is 5.43 Å². The highest BCUT2D eigenvalue weighted by molar-refractivity contribution is 7.87. The molecule has 154 valence electrons. The molecule has 0 aliphatic carbocycles. The van der Waals surface area contributed by atoms with Crippen molar-refractivity contribution in [2.75, 3.05) is 0 Å². The monoisotopic (exact) mass is 442 g/mol. The summed E-state index contributed by atoms with van der Waals surface area (Å²) in [5.41, 5.74) is 4.50. The van der Waals surface area contributed by atoms with Crippen LogP contribution in [0.2, 0.25) is 5.02 Å². The Kier molecular flexibility index (Phi) is 6.87. The highest BCUT2D eigenvalue weighted by Crippen LogP contribution is 2.22. The van der Waals surface area contributed by atoms with Gasteiger partial charge >= 0.3 is 10.1 Å². The smallest absolute Gasteiger partial charge is 0.339 e. The molecular weight excluding hydrogens is 424 g/mol. The SMILES string of the molecule is Cc1ccc(S(=O)(=O)Oc2ccccc2/C=N/NC(=O)Cc2cccc(Cl)c2)cc1. The van der Waals surface area contributed by atoms with E-state index in [1.165, 1.54) is 24.4 Å². The van der Waals surface area contributed by atoms with Gasteiger partial charge in [-0.1, -0.05) is 53.6 Å². The number of hydrogen-bond donors (Lipinski definition) is 1. The average molecular weight is 443 g/mol. The summed E-state index contributed by atoms with van der Waals surface area (Å²) in [7, 11) is -4.00. The number of carbonyl (C=O) groups is 1. The fourth-order valence-electron chi connectivity index (χ4n) is 2.58. The van der Waals surface area contributed by atoms with Gasteiger partial charge in [0.25, 0.3) is 0 Å². The number of rotatable bonds is 7. The molecule has 3 aromatic carbocycles. The number of halogens is 1. The molecule has 0 radical (unpaired) electrons. The number of nitrogens with one attached hydrogen (secondary N) is 1. The van der Waals surface area contributed by atoms with Crippen molar-refractivity contribution in [2.45, 2.75) is 18.2 Å². The van der Waals surface area contributed by atoms with Crippen LogP contribution in [0.15, 0.2) is 82.8 Å². The first-order valence-corrected chi connectivity index (χ1v) is 10.8. The molecule has 0 bridgehead atoms. The molecule has 0 aliphatic heterocycles. The van der Waals surface area contributed by atoms with Gasteiger partial charge in [0.15, 0.2) is 5.75 Å². The molecule has 8 heteroatoms. The van der Waals surface area contributed by atoms with Crippen molar-refractivity contribution in [3.8, 4) is 5.75 Å². The van der Waals surface area contributed by atoms with Crippen LogP contribution in [-0.4, -0.2) is 20.5 Å². The second-order valence-corrected chi connectivity index (χ2v) is 8.47. The Morgan fingerprint density at radius 1 is 1.07 bits per heavy atom. The van der Waals surface area contributed by atoms with Gasteiger partial charge in [-0.05, 0) is 48.9 Å². The lowest BCUT2D eigenvalue weighted by Gasteiger charge is -2.09. The molecule has 1 amide bonds. The zero-order valence-electron chi connectivity index (χ0n) is 16.1. The Hall–Kier alpha value is -3.16. The van der Waals surface area contributed by atoms with Gasteiger partial charge in [-0.2, -0.15) is 13.5 Å². The molecule has 0 heterocycles. The van der Waals surface area contributed by atoms with Crippen molar-refractivity contribution in [2.24, 2.45) is 5.10 Å². The van der Waals surface area contributed by atoms with Crippen LogP contribution in [0.5, 0.6) is 5.75 Å². The summed E-state index contributed by atoms with van der Waals surface area (Å²) < 4.78 is 30.3. The van der Waals surface area contributed by atoms with E-state index >= 15 is 0 Å². The molecule has 0 spiro atoms.